The summed E-state index contributed by atoms with van der Waals surface area (Å²) in [5.41, 5.74) is 0.554. The van der Waals surface area contributed by atoms with Gasteiger partial charge in [-0.25, -0.2) is 4.98 Å². The maximum Gasteiger partial charge on any atom is 0.259 e. The summed E-state index contributed by atoms with van der Waals surface area (Å²) in [6, 6.07) is 5.20. The van der Waals surface area contributed by atoms with Gasteiger partial charge in [0, 0.05) is 36.1 Å². The minimum absolute atomic E-state index is 0.156. The van der Waals surface area contributed by atoms with Crippen LogP contribution in [0.5, 0.6) is 5.75 Å². The zero-order valence-electron chi connectivity index (χ0n) is 15.3. The fourth-order valence-corrected chi connectivity index (χ4v) is 3.54. The third-order valence-corrected chi connectivity index (χ3v) is 5.08. The molecule has 140 valence electrons. The Labute approximate surface area is 155 Å². The van der Waals surface area contributed by atoms with E-state index < -0.39 is 0 Å². The Kier molecular flexibility index (Phi) is 4.39. The van der Waals surface area contributed by atoms with Gasteiger partial charge in [-0.05, 0) is 38.0 Å². The van der Waals surface area contributed by atoms with Crippen molar-refractivity contribution in [2.45, 2.75) is 25.7 Å². The number of hydrogen-bond acceptors (Lipinski definition) is 5. The van der Waals surface area contributed by atoms with Crippen molar-refractivity contribution in [3.63, 3.8) is 0 Å². The van der Waals surface area contributed by atoms with Crippen molar-refractivity contribution in [2.75, 3.05) is 20.2 Å². The van der Waals surface area contributed by atoms with E-state index in [1.807, 2.05) is 6.92 Å². The number of piperidine rings is 1. The molecule has 1 aliphatic heterocycles. The monoisotopic (exact) mass is 367 g/mol. The smallest absolute Gasteiger partial charge is 0.259 e. The number of amides is 1. The van der Waals surface area contributed by atoms with E-state index in [0.717, 1.165) is 24.5 Å². The minimum atomic E-state index is -0.278. The molecule has 0 saturated carbocycles. The molecule has 1 aromatic carbocycles. The standard InChI is InChI=1S/C19H21N5O3/c1-11-21-18(23-22-11)12-5-7-24(8-6-12)19(26)15-10-20-16-4-3-13(27-2)9-14(16)17(15)25/h3-4,9-10,12H,5-8H2,1-2H3,(H,20,25)(H,21,22,23). The van der Waals surface area contributed by atoms with Crippen LogP contribution in [0, 0.1) is 6.92 Å². The second-order valence-corrected chi connectivity index (χ2v) is 6.79. The second kappa shape index (κ2) is 6.86. The van der Waals surface area contributed by atoms with Crippen LogP contribution in [0.15, 0.2) is 29.2 Å². The molecule has 1 amide bonds. The zero-order chi connectivity index (χ0) is 19.0. The number of carbonyl (C=O) groups excluding carboxylic acids is 1. The van der Waals surface area contributed by atoms with E-state index in [1.165, 1.54) is 6.20 Å². The van der Waals surface area contributed by atoms with Gasteiger partial charge in [0.05, 0.1) is 7.11 Å². The topological polar surface area (TPSA) is 104 Å². The van der Waals surface area contributed by atoms with Crippen LogP contribution in [0.1, 0.15) is 40.8 Å². The molecule has 0 aliphatic carbocycles. The maximum absolute atomic E-state index is 12.9. The molecule has 8 nitrogen and oxygen atoms in total. The normalized spacial score (nSPS) is 15.3. The summed E-state index contributed by atoms with van der Waals surface area (Å²) in [5, 5.41) is 7.54. The summed E-state index contributed by atoms with van der Waals surface area (Å²) >= 11 is 0. The Balaban J connectivity index is 1.55. The largest absolute Gasteiger partial charge is 0.497 e. The van der Waals surface area contributed by atoms with Crippen LogP contribution in [0.4, 0.5) is 0 Å². The SMILES string of the molecule is COc1ccc2[nH]cc(C(=O)N3CCC(c4n[nH]c(C)n4)CC3)c(=O)c2c1. The molecule has 1 fully saturated rings. The second-order valence-electron chi connectivity index (χ2n) is 6.79. The molecule has 2 N–H and O–H groups in total. The van der Waals surface area contributed by atoms with Crippen LogP contribution in [0.2, 0.25) is 0 Å². The van der Waals surface area contributed by atoms with Gasteiger partial charge in [0.15, 0.2) is 5.82 Å². The lowest BCUT2D eigenvalue weighted by Crippen LogP contribution is -2.40. The van der Waals surface area contributed by atoms with Crippen LogP contribution < -0.4 is 10.2 Å². The number of aromatic nitrogens is 4. The number of benzene rings is 1. The lowest BCUT2D eigenvalue weighted by Gasteiger charge is -2.30. The number of pyridine rings is 1. The minimum Gasteiger partial charge on any atom is -0.497 e. The van der Waals surface area contributed by atoms with Crippen LogP contribution in [0.25, 0.3) is 10.9 Å². The van der Waals surface area contributed by atoms with Gasteiger partial charge >= 0.3 is 0 Å². The van der Waals surface area contributed by atoms with Gasteiger partial charge in [-0.15, -0.1) is 0 Å². The number of aryl methyl sites for hydroxylation is 1. The summed E-state index contributed by atoms with van der Waals surface area (Å²) in [7, 11) is 1.55. The van der Waals surface area contributed by atoms with Crippen molar-refractivity contribution in [2.24, 2.45) is 0 Å². The summed E-state index contributed by atoms with van der Waals surface area (Å²) < 4.78 is 5.19. The molecule has 1 saturated heterocycles. The number of nitrogens with one attached hydrogen (secondary N) is 2. The van der Waals surface area contributed by atoms with E-state index in [4.69, 9.17) is 4.74 Å². The molecule has 3 heterocycles. The molecule has 0 bridgehead atoms. The number of methoxy groups -OCH3 is 1. The Bertz CT molecular complexity index is 1050. The number of nitrogens with zero attached hydrogens (tertiary/aromatic N) is 3. The number of rotatable bonds is 3. The van der Waals surface area contributed by atoms with Gasteiger partial charge in [-0.2, -0.15) is 5.10 Å². The number of likely N-dealkylation sites (tertiary alicyclic amines) is 1. The van der Waals surface area contributed by atoms with Crippen molar-refractivity contribution in [1.82, 2.24) is 25.1 Å². The van der Waals surface area contributed by atoms with Gasteiger partial charge in [0.1, 0.15) is 17.1 Å². The average Bonchev–Trinajstić information content (AvgIpc) is 3.14. The highest BCUT2D eigenvalue weighted by Gasteiger charge is 2.28. The third kappa shape index (κ3) is 3.18. The molecule has 0 radical (unpaired) electrons. The molecular formula is C19H21N5O3. The molecule has 1 aliphatic rings. The highest BCUT2D eigenvalue weighted by molar-refractivity contribution is 5.97. The summed E-state index contributed by atoms with van der Waals surface area (Å²) in [4.78, 5) is 34.9. The summed E-state index contributed by atoms with van der Waals surface area (Å²) in [6.07, 6.45) is 3.06. The van der Waals surface area contributed by atoms with Crippen LogP contribution in [-0.2, 0) is 0 Å². The van der Waals surface area contributed by atoms with E-state index in [1.54, 1.807) is 30.2 Å². The Hall–Kier alpha value is -3.16. The molecular weight excluding hydrogens is 346 g/mol. The van der Waals surface area contributed by atoms with Gasteiger partial charge in [-0.3, -0.25) is 14.7 Å². The molecule has 0 unspecified atom stereocenters. The lowest BCUT2D eigenvalue weighted by molar-refractivity contribution is 0.0709. The average molecular weight is 367 g/mol. The first kappa shape index (κ1) is 17.3. The lowest BCUT2D eigenvalue weighted by atomic mass is 9.95. The number of fused-ring (bicyclic) bond motifs is 1. The van der Waals surface area contributed by atoms with Crippen molar-refractivity contribution in [3.8, 4) is 5.75 Å². The van der Waals surface area contributed by atoms with E-state index in [0.29, 0.717) is 29.7 Å². The first-order chi connectivity index (χ1) is 13.1. The zero-order valence-corrected chi connectivity index (χ0v) is 15.3. The van der Waals surface area contributed by atoms with E-state index >= 15 is 0 Å². The van der Waals surface area contributed by atoms with Gasteiger partial charge < -0.3 is 14.6 Å². The molecule has 27 heavy (non-hydrogen) atoms. The molecule has 0 atom stereocenters. The number of carbonyl (C=O) groups is 1. The fourth-order valence-electron chi connectivity index (χ4n) is 3.54. The predicted octanol–water partition coefficient (Wildman–Crippen LogP) is 1.98. The number of hydrogen-bond donors (Lipinski definition) is 2. The third-order valence-electron chi connectivity index (χ3n) is 5.08. The van der Waals surface area contributed by atoms with Crippen molar-refractivity contribution in [3.05, 3.63) is 51.8 Å². The van der Waals surface area contributed by atoms with Gasteiger partial charge in [0.25, 0.3) is 5.91 Å². The Morgan fingerprint density at radius 1 is 1.30 bits per heavy atom. The molecule has 0 spiro atoms. The first-order valence-electron chi connectivity index (χ1n) is 8.94. The molecule has 8 heteroatoms. The van der Waals surface area contributed by atoms with Crippen molar-refractivity contribution < 1.29 is 9.53 Å². The van der Waals surface area contributed by atoms with E-state index in [9.17, 15) is 9.59 Å². The Morgan fingerprint density at radius 3 is 2.74 bits per heavy atom. The van der Waals surface area contributed by atoms with Crippen LogP contribution in [0.3, 0.4) is 0 Å². The van der Waals surface area contributed by atoms with Crippen LogP contribution in [-0.4, -0.2) is 51.2 Å². The van der Waals surface area contributed by atoms with E-state index in [-0.39, 0.29) is 22.8 Å². The highest BCUT2D eigenvalue weighted by atomic mass is 16.5. The van der Waals surface area contributed by atoms with Crippen LogP contribution >= 0.6 is 0 Å². The Morgan fingerprint density at radius 2 is 2.07 bits per heavy atom. The number of ether oxygens (including phenoxy) is 1. The summed E-state index contributed by atoms with van der Waals surface area (Å²) in [5.74, 6) is 2.17. The van der Waals surface area contributed by atoms with Crippen molar-refractivity contribution >= 4 is 16.8 Å². The van der Waals surface area contributed by atoms with Gasteiger partial charge in [-0.1, -0.05) is 0 Å². The van der Waals surface area contributed by atoms with Crippen molar-refractivity contribution in [1.29, 1.82) is 0 Å². The molecule has 2 aromatic heterocycles. The fraction of sp³-hybridized carbons (Fsp3) is 0.368. The highest BCUT2D eigenvalue weighted by Crippen LogP contribution is 2.26. The molecule has 4 rings (SSSR count). The van der Waals surface area contributed by atoms with Gasteiger partial charge in [0.2, 0.25) is 5.43 Å². The maximum atomic E-state index is 12.9. The quantitative estimate of drug-likeness (QED) is 0.737. The number of aromatic amines is 2. The number of H-pyrrole nitrogens is 2. The predicted molar refractivity (Wildman–Crippen MR) is 100 cm³/mol. The molecule has 3 aromatic rings. The van der Waals surface area contributed by atoms with E-state index in [2.05, 4.69) is 20.2 Å². The summed E-state index contributed by atoms with van der Waals surface area (Å²) in [6.45, 7) is 3.02. The first-order valence-corrected chi connectivity index (χ1v) is 8.94.